The molecule has 0 bridgehead atoms. The molecule has 1 fully saturated rings. The lowest BCUT2D eigenvalue weighted by Crippen LogP contribution is -2.30. The van der Waals surface area contributed by atoms with E-state index in [0.717, 1.165) is 6.42 Å². The molecule has 17 heavy (non-hydrogen) atoms. The quantitative estimate of drug-likeness (QED) is 0.879. The minimum Gasteiger partial charge on any atom is -0.338 e. The summed E-state index contributed by atoms with van der Waals surface area (Å²) in [6.07, 6.45) is 0.898. The number of rotatable bonds is 2. The van der Waals surface area contributed by atoms with Crippen molar-refractivity contribution in [3.05, 3.63) is 34.6 Å². The molecule has 1 heterocycles. The van der Waals surface area contributed by atoms with Gasteiger partial charge >= 0.3 is 0 Å². The van der Waals surface area contributed by atoms with Gasteiger partial charge in [-0.2, -0.15) is 0 Å². The summed E-state index contributed by atoms with van der Waals surface area (Å²) in [4.78, 5) is 13.8. The van der Waals surface area contributed by atoms with E-state index in [1.165, 1.54) is 12.1 Å². The zero-order valence-electron chi connectivity index (χ0n) is 9.33. The summed E-state index contributed by atoms with van der Waals surface area (Å²) in [6.45, 7) is 1.86. The summed E-state index contributed by atoms with van der Waals surface area (Å²) in [5, 5.41) is -0.103. The molecule has 3 nitrogen and oxygen atoms in total. The van der Waals surface area contributed by atoms with Crippen molar-refractivity contribution >= 4 is 17.5 Å². The Labute approximate surface area is 104 Å². The van der Waals surface area contributed by atoms with Gasteiger partial charge in [-0.05, 0) is 31.0 Å². The van der Waals surface area contributed by atoms with Crippen LogP contribution in [0.2, 0.25) is 5.02 Å². The highest BCUT2D eigenvalue weighted by Gasteiger charge is 2.27. The van der Waals surface area contributed by atoms with E-state index in [0.29, 0.717) is 25.6 Å². The second-order valence-electron chi connectivity index (χ2n) is 4.24. The number of hydrogen-bond donors (Lipinski definition) is 1. The van der Waals surface area contributed by atoms with E-state index in [1.54, 1.807) is 11.0 Å². The molecule has 0 saturated carbocycles. The van der Waals surface area contributed by atoms with Crippen LogP contribution in [-0.2, 0) is 0 Å². The van der Waals surface area contributed by atoms with Crippen LogP contribution in [0.15, 0.2) is 18.2 Å². The maximum atomic E-state index is 13.2. The lowest BCUT2D eigenvalue weighted by atomic mass is 10.1. The van der Waals surface area contributed by atoms with Gasteiger partial charge in [0.05, 0.1) is 10.6 Å². The Morgan fingerprint density at radius 1 is 1.59 bits per heavy atom. The van der Waals surface area contributed by atoms with Crippen LogP contribution in [-0.4, -0.2) is 30.4 Å². The van der Waals surface area contributed by atoms with Gasteiger partial charge in [-0.15, -0.1) is 0 Å². The molecule has 1 aromatic rings. The maximum Gasteiger partial charge on any atom is 0.255 e. The first-order valence-electron chi connectivity index (χ1n) is 5.57. The van der Waals surface area contributed by atoms with Gasteiger partial charge in [0.1, 0.15) is 5.82 Å². The van der Waals surface area contributed by atoms with Gasteiger partial charge in [0.25, 0.3) is 5.91 Å². The van der Waals surface area contributed by atoms with Crippen LogP contribution in [0.1, 0.15) is 16.8 Å². The molecule has 0 aliphatic carbocycles. The van der Waals surface area contributed by atoms with Gasteiger partial charge in [-0.1, -0.05) is 17.7 Å². The van der Waals surface area contributed by atoms with E-state index in [2.05, 4.69) is 0 Å². The van der Waals surface area contributed by atoms with Crippen LogP contribution in [0.25, 0.3) is 0 Å². The molecule has 1 aliphatic rings. The van der Waals surface area contributed by atoms with Crippen molar-refractivity contribution in [1.82, 2.24) is 4.90 Å². The van der Waals surface area contributed by atoms with Crippen LogP contribution in [0.4, 0.5) is 4.39 Å². The van der Waals surface area contributed by atoms with Crippen molar-refractivity contribution in [2.45, 2.75) is 6.42 Å². The summed E-state index contributed by atoms with van der Waals surface area (Å²) < 4.78 is 13.2. The second kappa shape index (κ2) is 5.02. The van der Waals surface area contributed by atoms with Crippen molar-refractivity contribution < 1.29 is 9.18 Å². The van der Waals surface area contributed by atoms with Gasteiger partial charge in [-0.3, -0.25) is 4.79 Å². The third-order valence-corrected chi connectivity index (χ3v) is 3.47. The molecule has 92 valence electrons. The minimum atomic E-state index is -0.563. The molecule has 1 amide bonds. The number of carbonyl (C=O) groups is 1. The van der Waals surface area contributed by atoms with Crippen LogP contribution in [0.5, 0.6) is 0 Å². The predicted molar refractivity (Wildman–Crippen MR) is 64.5 cm³/mol. The Morgan fingerprint density at radius 3 is 3.00 bits per heavy atom. The normalized spacial score (nSPS) is 19.7. The van der Waals surface area contributed by atoms with Crippen molar-refractivity contribution in [3.63, 3.8) is 0 Å². The highest BCUT2D eigenvalue weighted by Crippen LogP contribution is 2.24. The fraction of sp³-hybridized carbons (Fsp3) is 0.417. The highest BCUT2D eigenvalue weighted by molar-refractivity contribution is 6.34. The number of carbonyl (C=O) groups excluding carboxylic acids is 1. The SMILES string of the molecule is NC[C@H]1CCN(C(=O)c2cccc(F)c2Cl)C1. The molecule has 1 aromatic carbocycles. The smallest absolute Gasteiger partial charge is 0.255 e. The van der Waals surface area contributed by atoms with Crippen molar-refractivity contribution in [1.29, 1.82) is 0 Å². The zero-order valence-corrected chi connectivity index (χ0v) is 10.1. The Bertz CT molecular complexity index is 439. The van der Waals surface area contributed by atoms with Crippen LogP contribution in [0, 0.1) is 11.7 Å². The van der Waals surface area contributed by atoms with E-state index in [-0.39, 0.29) is 16.5 Å². The number of hydrogen-bond acceptors (Lipinski definition) is 2. The van der Waals surface area contributed by atoms with Gasteiger partial charge in [0, 0.05) is 13.1 Å². The number of nitrogens with zero attached hydrogens (tertiary/aromatic N) is 1. The number of benzene rings is 1. The first-order chi connectivity index (χ1) is 8.13. The molecule has 2 rings (SSSR count). The lowest BCUT2D eigenvalue weighted by Gasteiger charge is -2.17. The number of amides is 1. The van der Waals surface area contributed by atoms with Crippen molar-refractivity contribution in [2.75, 3.05) is 19.6 Å². The summed E-state index contributed by atoms with van der Waals surface area (Å²) in [5.74, 6) is -0.441. The molecule has 0 radical (unpaired) electrons. The lowest BCUT2D eigenvalue weighted by molar-refractivity contribution is 0.0787. The molecule has 5 heteroatoms. The third-order valence-electron chi connectivity index (χ3n) is 3.09. The zero-order chi connectivity index (χ0) is 12.4. The molecule has 1 atom stereocenters. The molecule has 0 aromatic heterocycles. The van der Waals surface area contributed by atoms with Crippen LogP contribution in [0.3, 0.4) is 0 Å². The summed E-state index contributed by atoms with van der Waals surface area (Å²) in [7, 11) is 0. The summed E-state index contributed by atoms with van der Waals surface area (Å²) in [5.41, 5.74) is 5.79. The van der Waals surface area contributed by atoms with E-state index < -0.39 is 5.82 Å². The number of halogens is 2. The van der Waals surface area contributed by atoms with Gasteiger partial charge in [-0.25, -0.2) is 4.39 Å². The first kappa shape index (κ1) is 12.3. The minimum absolute atomic E-state index is 0.103. The Morgan fingerprint density at radius 2 is 2.35 bits per heavy atom. The monoisotopic (exact) mass is 256 g/mol. The highest BCUT2D eigenvalue weighted by atomic mass is 35.5. The Hall–Kier alpha value is -1.13. The molecule has 2 N–H and O–H groups in total. The molecular formula is C12H14ClFN2O. The van der Waals surface area contributed by atoms with E-state index in [1.807, 2.05) is 0 Å². The van der Waals surface area contributed by atoms with E-state index in [9.17, 15) is 9.18 Å². The molecular weight excluding hydrogens is 243 g/mol. The third kappa shape index (κ3) is 2.42. The standard InChI is InChI=1S/C12H14ClFN2O/c13-11-9(2-1-3-10(11)14)12(17)16-5-4-8(6-15)7-16/h1-3,8H,4-7,15H2/t8-/m1/s1. The molecule has 1 saturated heterocycles. The number of nitrogens with two attached hydrogens (primary N) is 1. The van der Waals surface area contributed by atoms with Crippen LogP contribution < -0.4 is 5.73 Å². The Balaban J connectivity index is 2.18. The second-order valence-corrected chi connectivity index (χ2v) is 4.62. The van der Waals surface area contributed by atoms with Crippen molar-refractivity contribution in [2.24, 2.45) is 11.7 Å². The van der Waals surface area contributed by atoms with E-state index in [4.69, 9.17) is 17.3 Å². The fourth-order valence-corrected chi connectivity index (χ4v) is 2.26. The first-order valence-corrected chi connectivity index (χ1v) is 5.94. The predicted octanol–water partition coefficient (Wildman–Crippen LogP) is 1.90. The average Bonchev–Trinajstić information content (AvgIpc) is 2.80. The topological polar surface area (TPSA) is 46.3 Å². The number of likely N-dealkylation sites (tertiary alicyclic amines) is 1. The van der Waals surface area contributed by atoms with Gasteiger partial charge in [0.2, 0.25) is 0 Å². The summed E-state index contributed by atoms with van der Waals surface area (Å²) >= 11 is 5.79. The van der Waals surface area contributed by atoms with Gasteiger partial charge in [0.15, 0.2) is 0 Å². The molecule has 1 aliphatic heterocycles. The fourth-order valence-electron chi connectivity index (χ4n) is 2.05. The summed E-state index contributed by atoms with van der Waals surface area (Å²) in [6, 6.07) is 4.28. The van der Waals surface area contributed by atoms with E-state index >= 15 is 0 Å². The largest absolute Gasteiger partial charge is 0.338 e. The molecule has 0 unspecified atom stereocenters. The van der Waals surface area contributed by atoms with Gasteiger partial charge < -0.3 is 10.6 Å². The Kier molecular flexibility index (Phi) is 3.64. The maximum absolute atomic E-state index is 13.2. The average molecular weight is 257 g/mol. The molecule has 0 spiro atoms. The van der Waals surface area contributed by atoms with Crippen molar-refractivity contribution in [3.8, 4) is 0 Å². The van der Waals surface area contributed by atoms with Crippen LogP contribution >= 0.6 is 11.6 Å².